The lowest BCUT2D eigenvalue weighted by atomic mass is 10.0. The van der Waals surface area contributed by atoms with Gasteiger partial charge in [0.2, 0.25) is 0 Å². The highest BCUT2D eigenvalue weighted by atomic mass is 15.3. The number of aromatic nitrogens is 4. The molecule has 4 heteroatoms. The van der Waals surface area contributed by atoms with Crippen LogP contribution < -0.4 is 0 Å². The van der Waals surface area contributed by atoms with Crippen LogP contribution in [0.4, 0.5) is 0 Å². The molecule has 2 aliphatic rings. The Morgan fingerprint density at radius 3 is 2.17 bits per heavy atom. The Balaban J connectivity index is 1.64. The summed E-state index contributed by atoms with van der Waals surface area (Å²) in [6, 6.07) is 9.15. The van der Waals surface area contributed by atoms with Gasteiger partial charge in [-0.3, -0.25) is 0 Å². The molecule has 2 saturated carbocycles. The summed E-state index contributed by atoms with van der Waals surface area (Å²) in [6.07, 6.45) is 9.57. The topological polar surface area (TPSA) is 35.6 Å². The predicted molar refractivity (Wildman–Crippen MR) is 90.6 cm³/mol. The van der Waals surface area contributed by atoms with E-state index < -0.39 is 0 Å². The normalized spacial score (nSPS) is 18.7. The molecule has 0 unspecified atom stereocenters. The first-order chi connectivity index (χ1) is 11.1. The lowest BCUT2D eigenvalue weighted by Gasteiger charge is -2.27. The van der Waals surface area contributed by atoms with Crippen molar-refractivity contribution in [2.24, 2.45) is 0 Å². The molecule has 2 aliphatic carbocycles. The summed E-state index contributed by atoms with van der Waals surface area (Å²) in [5, 5.41) is 11.8. The third-order valence-electron chi connectivity index (χ3n) is 5.32. The van der Waals surface area contributed by atoms with Gasteiger partial charge in [0.1, 0.15) is 5.82 Å². The zero-order chi connectivity index (χ0) is 15.6. The molecule has 0 saturated heterocycles. The standard InChI is InChI=1S/C19H22N4/c1-19(2,22-11-14-5-3-4-6-15(14)12-22)18-21-20-17(13-7-8-13)23(18)16-9-10-16/h3-6,11-13,16H,7-10H2,1-2H3. The van der Waals surface area contributed by atoms with Crippen molar-refractivity contribution >= 4 is 10.8 Å². The first-order valence-electron chi connectivity index (χ1n) is 8.67. The smallest absolute Gasteiger partial charge is 0.159 e. The molecule has 0 amide bonds. The lowest BCUT2D eigenvalue weighted by molar-refractivity contribution is 0.388. The molecule has 0 spiro atoms. The predicted octanol–water partition coefficient (Wildman–Crippen LogP) is 4.23. The Bertz CT molecular complexity index is 845. The molecule has 0 radical (unpaired) electrons. The van der Waals surface area contributed by atoms with Crippen molar-refractivity contribution in [3.8, 4) is 0 Å². The summed E-state index contributed by atoms with van der Waals surface area (Å²) in [7, 11) is 0. The molecular weight excluding hydrogens is 284 g/mol. The van der Waals surface area contributed by atoms with Crippen LogP contribution in [0.5, 0.6) is 0 Å². The van der Waals surface area contributed by atoms with Crippen molar-refractivity contribution < 1.29 is 0 Å². The maximum Gasteiger partial charge on any atom is 0.159 e. The number of nitrogens with zero attached hydrogens (tertiary/aromatic N) is 4. The van der Waals surface area contributed by atoms with Gasteiger partial charge in [0.15, 0.2) is 5.82 Å². The number of hydrogen-bond donors (Lipinski definition) is 0. The van der Waals surface area contributed by atoms with Crippen molar-refractivity contribution in [1.29, 1.82) is 0 Å². The highest BCUT2D eigenvalue weighted by molar-refractivity contribution is 5.82. The van der Waals surface area contributed by atoms with Gasteiger partial charge in [0, 0.05) is 24.4 Å². The fourth-order valence-electron chi connectivity index (χ4n) is 3.55. The van der Waals surface area contributed by atoms with Gasteiger partial charge in [-0.1, -0.05) is 24.3 Å². The van der Waals surface area contributed by atoms with Gasteiger partial charge in [-0.05, 0) is 50.3 Å². The van der Waals surface area contributed by atoms with E-state index in [1.54, 1.807) is 0 Å². The van der Waals surface area contributed by atoms with Crippen molar-refractivity contribution in [2.45, 2.75) is 57.0 Å². The average molecular weight is 306 g/mol. The van der Waals surface area contributed by atoms with Crippen molar-refractivity contribution in [3.63, 3.8) is 0 Å². The van der Waals surface area contributed by atoms with Crippen LogP contribution in [0.2, 0.25) is 0 Å². The van der Waals surface area contributed by atoms with Gasteiger partial charge in [0.25, 0.3) is 0 Å². The van der Waals surface area contributed by atoms with E-state index in [1.807, 2.05) is 0 Å². The van der Waals surface area contributed by atoms with Crippen LogP contribution in [0.25, 0.3) is 10.8 Å². The quantitative estimate of drug-likeness (QED) is 0.723. The zero-order valence-corrected chi connectivity index (χ0v) is 13.7. The summed E-state index contributed by atoms with van der Waals surface area (Å²) in [6.45, 7) is 4.51. The third kappa shape index (κ3) is 2.04. The first kappa shape index (κ1) is 13.3. The van der Waals surface area contributed by atoms with Gasteiger partial charge >= 0.3 is 0 Å². The highest BCUT2D eigenvalue weighted by Crippen LogP contribution is 2.46. The van der Waals surface area contributed by atoms with Crippen LogP contribution in [-0.2, 0) is 5.54 Å². The molecule has 0 bridgehead atoms. The molecule has 0 aliphatic heterocycles. The summed E-state index contributed by atoms with van der Waals surface area (Å²) in [4.78, 5) is 0. The second-order valence-electron chi connectivity index (χ2n) is 7.61. The fourth-order valence-corrected chi connectivity index (χ4v) is 3.55. The maximum absolute atomic E-state index is 4.65. The fraction of sp³-hybridized carbons (Fsp3) is 0.474. The summed E-state index contributed by atoms with van der Waals surface area (Å²) >= 11 is 0. The van der Waals surface area contributed by atoms with Crippen molar-refractivity contribution in [3.05, 3.63) is 48.3 Å². The summed E-state index contributed by atoms with van der Waals surface area (Å²) in [5.41, 5.74) is -0.193. The minimum atomic E-state index is -0.193. The number of benzene rings is 1. The van der Waals surface area contributed by atoms with Gasteiger partial charge in [-0.15, -0.1) is 10.2 Å². The molecule has 2 heterocycles. The minimum Gasteiger partial charge on any atom is -0.340 e. The molecule has 2 fully saturated rings. The van der Waals surface area contributed by atoms with E-state index in [2.05, 4.69) is 69.8 Å². The third-order valence-corrected chi connectivity index (χ3v) is 5.32. The maximum atomic E-state index is 4.65. The molecule has 0 atom stereocenters. The van der Waals surface area contributed by atoms with E-state index in [-0.39, 0.29) is 5.54 Å². The van der Waals surface area contributed by atoms with Crippen molar-refractivity contribution in [1.82, 2.24) is 19.3 Å². The molecule has 3 aromatic rings. The van der Waals surface area contributed by atoms with E-state index in [0.29, 0.717) is 12.0 Å². The van der Waals surface area contributed by atoms with Gasteiger partial charge < -0.3 is 9.13 Å². The molecule has 2 aromatic heterocycles. The Morgan fingerprint density at radius 2 is 1.61 bits per heavy atom. The minimum absolute atomic E-state index is 0.193. The molecular formula is C19H22N4. The van der Waals surface area contributed by atoms with Crippen LogP contribution in [0, 0.1) is 0 Å². The highest BCUT2D eigenvalue weighted by Gasteiger charge is 2.40. The first-order valence-corrected chi connectivity index (χ1v) is 8.67. The van der Waals surface area contributed by atoms with Crippen LogP contribution in [0.15, 0.2) is 36.7 Å². The number of fused-ring (bicyclic) bond motifs is 1. The molecule has 0 N–H and O–H groups in total. The van der Waals surface area contributed by atoms with E-state index in [1.165, 1.54) is 42.3 Å². The van der Waals surface area contributed by atoms with Crippen LogP contribution >= 0.6 is 0 Å². The Labute approximate surface area is 136 Å². The van der Waals surface area contributed by atoms with E-state index in [0.717, 1.165) is 5.82 Å². The monoisotopic (exact) mass is 306 g/mol. The largest absolute Gasteiger partial charge is 0.340 e. The molecule has 118 valence electrons. The summed E-state index contributed by atoms with van der Waals surface area (Å²) < 4.78 is 4.76. The second-order valence-corrected chi connectivity index (χ2v) is 7.61. The molecule has 5 rings (SSSR count). The number of rotatable bonds is 4. The Morgan fingerprint density at radius 1 is 0.957 bits per heavy atom. The van der Waals surface area contributed by atoms with Gasteiger partial charge in [0.05, 0.1) is 5.54 Å². The molecule has 4 nitrogen and oxygen atoms in total. The number of hydrogen-bond acceptors (Lipinski definition) is 2. The SMILES string of the molecule is CC(C)(c1nnc(C2CC2)n1C1CC1)n1cc2ccccc2c1. The van der Waals surface area contributed by atoms with Crippen LogP contribution in [0.3, 0.4) is 0 Å². The Hall–Kier alpha value is -2.10. The Kier molecular flexibility index (Phi) is 2.59. The molecule has 1 aromatic carbocycles. The average Bonchev–Trinajstić information content (AvgIpc) is 3.47. The van der Waals surface area contributed by atoms with Gasteiger partial charge in [-0.25, -0.2) is 0 Å². The van der Waals surface area contributed by atoms with E-state index in [4.69, 9.17) is 0 Å². The van der Waals surface area contributed by atoms with E-state index >= 15 is 0 Å². The lowest BCUT2D eigenvalue weighted by Crippen LogP contribution is -2.30. The van der Waals surface area contributed by atoms with Crippen LogP contribution in [-0.4, -0.2) is 19.3 Å². The zero-order valence-electron chi connectivity index (χ0n) is 13.7. The van der Waals surface area contributed by atoms with Gasteiger partial charge in [-0.2, -0.15) is 0 Å². The van der Waals surface area contributed by atoms with Crippen molar-refractivity contribution in [2.75, 3.05) is 0 Å². The second kappa shape index (κ2) is 4.47. The van der Waals surface area contributed by atoms with Crippen LogP contribution in [0.1, 0.15) is 63.1 Å². The van der Waals surface area contributed by atoms with E-state index in [9.17, 15) is 0 Å². The molecule has 23 heavy (non-hydrogen) atoms. The summed E-state index contributed by atoms with van der Waals surface area (Å²) in [5.74, 6) is 2.99.